The van der Waals surface area contributed by atoms with Crippen LogP contribution in [0, 0.1) is 0 Å². The summed E-state index contributed by atoms with van der Waals surface area (Å²) in [4.78, 5) is 17.2. The van der Waals surface area contributed by atoms with Crippen molar-refractivity contribution in [2.45, 2.75) is 38.8 Å². The van der Waals surface area contributed by atoms with Crippen LogP contribution in [-0.4, -0.2) is 47.1 Å². The number of nitrogens with zero attached hydrogens (tertiary/aromatic N) is 2. The third kappa shape index (κ3) is 5.44. The van der Waals surface area contributed by atoms with E-state index in [-0.39, 0.29) is 0 Å². The fraction of sp³-hybridized carbons (Fsp3) is 0.692. The summed E-state index contributed by atoms with van der Waals surface area (Å²) in [5, 5.41) is 14.4. The van der Waals surface area contributed by atoms with E-state index < -0.39 is 12.0 Å². The Morgan fingerprint density at radius 3 is 2.85 bits per heavy atom. The lowest BCUT2D eigenvalue weighted by Crippen LogP contribution is -2.27. The summed E-state index contributed by atoms with van der Waals surface area (Å²) in [7, 11) is 2.12. The Kier molecular flexibility index (Phi) is 6.90. The number of carbonyl (C=O) groups is 1. The summed E-state index contributed by atoms with van der Waals surface area (Å²) in [6.07, 6.45) is 2.17. The zero-order valence-corrected chi connectivity index (χ0v) is 13.1. The molecule has 0 spiro atoms. The molecular weight excluding hydrogens is 276 g/mol. The first-order chi connectivity index (χ1) is 9.41. The molecule has 1 heterocycles. The molecule has 0 fully saturated rings. The molecule has 0 aromatic carbocycles. The van der Waals surface area contributed by atoms with Gasteiger partial charge >= 0.3 is 5.97 Å². The van der Waals surface area contributed by atoms with Gasteiger partial charge in [-0.25, -0.2) is 4.98 Å². The monoisotopic (exact) mass is 300 g/mol. The molecule has 0 radical (unpaired) electrons. The average molecular weight is 300 g/mol. The second-order valence-corrected chi connectivity index (χ2v) is 5.96. The molecule has 1 unspecified atom stereocenters. The van der Waals surface area contributed by atoms with Crippen LogP contribution < -0.4 is 11.1 Å². The van der Waals surface area contributed by atoms with Crippen LogP contribution in [0.5, 0.6) is 0 Å². The molecule has 4 N–H and O–H groups in total. The lowest BCUT2D eigenvalue weighted by Gasteiger charge is -2.20. The molecule has 0 aliphatic heterocycles. The first-order valence-electron chi connectivity index (χ1n) is 6.79. The van der Waals surface area contributed by atoms with E-state index in [0.717, 1.165) is 31.1 Å². The molecule has 1 rings (SSSR count). The van der Waals surface area contributed by atoms with Crippen LogP contribution in [0.25, 0.3) is 0 Å². The van der Waals surface area contributed by atoms with Crippen molar-refractivity contribution >= 4 is 22.4 Å². The molecule has 7 heteroatoms. The number of nitrogens with one attached hydrogen (secondary N) is 1. The number of carboxylic acid groups (broad SMARTS) is 1. The van der Waals surface area contributed by atoms with E-state index in [0.29, 0.717) is 11.7 Å². The fourth-order valence-corrected chi connectivity index (χ4v) is 2.35. The van der Waals surface area contributed by atoms with E-state index in [4.69, 9.17) is 10.8 Å². The smallest absolute Gasteiger partial charge is 0.326 e. The van der Waals surface area contributed by atoms with E-state index in [1.165, 1.54) is 11.3 Å². The largest absolute Gasteiger partial charge is 0.480 e. The molecule has 6 nitrogen and oxygen atoms in total. The molecule has 0 bridgehead atoms. The van der Waals surface area contributed by atoms with Crippen molar-refractivity contribution < 1.29 is 9.90 Å². The minimum absolute atomic E-state index is 0.407. The molecule has 1 aromatic heterocycles. The van der Waals surface area contributed by atoms with Gasteiger partial charge in [-0.2, -0.15) is 0 Å². The summed E-state index contributed by atoms with van der Waals surface area (Å²) in [5.41, 5.74) is 5.91. The highest BCUT2D eigenvalue weighted by Gasteiger charge is 2.17. The predicted octanol–water partition coefficient (Wildman–Crippen LogP) is 1.76. The summed E-state index contributed by atoms with van der Waals surface area (Å²) >= 11 is 1.39. The normalized spacial score (nSPS) is 12.9. The maximum Gasteiger partial charge on any atom is 0.326 e. The van der Waals surface area contributed by atoms with Gasteiger partial charge in [0.1, 0.15) is 6.04 Å². The van der Waals surface area contributed by atoms with Gasteiger partial charge in [0.05, 0.1) is 5.69 Å². The van der Waals surface area contributed by atoms with Crippen LogP contribution >= 0.6 is 11.3 Å². The van der Waals surface area contributed by atoms with Crippen LogP contribution in [-0.2, 0) is 4.79 Å². The van der Waals surface area contributed by atoms with Gasteiger partial charge in [-0.05, 0) is 40.3 Å². The van der Waals surface area contributed by atoms with Gasteiger partial charge in [-0.15, -0.1) is 11.3 Å². The van der Waals surface area contributed by atoms with Gasteiger partial charge in [0, 0.05) is 18.0 Å². The second-order valence-electron chi connectivity index (χ2n) is 5.10. The minimum Gasteiger partial charge on any atom is -0.480 e. The van der Waals surface area contributed by atoms with Gasteiger partial charge < -0.3 is 21.1 Å². The number of aromatic nitrogens is 1. The Bertz CT molecular complexity index is 422. The summed E-state index contributed by atoms with van der Waals surface area (Å²) < 4.78 is 0. The number of aliphatic carboxylic acids is 1. The van der Waals surface area contributed by atoms with Gasteiger partial charge in [-0.1, -0.05) is 0 Å². The lowest BCUT2D eigenvalue weighted by atomic mass is 10.2. The third-order valence-corrected chi connectivity index (χ3v) is 4.02. The summed E-state index contributed by atoms with van der Waals surface area (Å²) in [6.45, 7) is 6.27. The van der Waals surface area contributed by atoms with Crippen molar-refractivity contribution in [3.8, 4) is 0 Å². The number of hydrogen-bond donors (Lipinski definition) is 3. The van der Waals surface area contributed by atoms with E-state index in [1.807, 2.05) is 0 Å². The fourth-order valence-electron chi connectivity index (χ4n) is 1.58. The maximum absolute atomic E-state index is 10.7. The van der Waals surface area contributed by atoms with E-state index >= 15 is 0 Å². The average Bonchev–Trinajstić information content (AvgIpc) is 2.85. The SMILES string of the molecule is CC(C)N(C)CCCCNc1nc(C(N)C(=O)O)cs1. The van der Waals surface area contributed by atoms with Gasteiger partial charge in [0.15, 0.2) is 5.13 Å². The standard InChI is InChI=1S/C13H24N4O2S/c1-9(2)17(3)7-5-4-6-15-13-16-10(8-20-13)11(14)12(18)19/h8-9,11H,4-7,14H2,1-3H3,(H,15,16)(H,18,19). The Balaban J connectivity index is 2.24. The predicted molar refractivity (Wildman–Crippen MR) is 82.2 cm³/mol. The third-order valence-electron chi connectivity index (χ3n) is 3.20. The quantitative estimate of drug-likeness (QED) is 0.602. The Labute approximate surface area is 124 Å². The van der Waals surface area contributed by atoms with Crippen molar-refractivity contribution in [1.82, 2.24) is 9.88 Å². The van der Waals surface area contributed by atoms with Crippen molar-refractivity contribution in [2.24, 2.45) is 5.73 Å². The van der Waals surface area contributed by atoms with Crippen molar-refractivity contribution in [2.75, 3.05) is 25.5 Å². The zero-order chi connectivity index (χ0) is 15.1. The molecule has 1 atom stereocenters. The van der Waals surface area contributed by atoms with Gasteiger partial charge in [-0.3, -0.25) is 4.79 Å². The highest BCUT2D eigenvalue weighted by Crippen LogP contribution is 2.19. The summed E-state index contributed by atoms with van der Waals surface area (Å²) in [5.74, 6) is -1.06. The first kappa shape index (κ1) is 16.9. The van der Waals surface area contributed by atoms with E-state index in [9.17, 15) is 4.79 Å². The second kappa shape index (κ2) is 8.18. The molecule has 20 heavy (non-hydrogen) atoms. The van der Waals surface area contributed by atoms with Crippen LogP contribution in [0.2, 0.25) is 0 Å². The zero-order valence-electron chi connectivity index (χ0n) is 12.3. The highest BCUT2D eigenvalue weighted by atomic mass is 32.1. The lowest BCUT2D eigenvalue weighted by molar-refractivity contribution is -0.138. The number of nitrogens with two attached hydrogens (primary N) is 1. The highest BCUT2D eigenvalue weighted by molar-refractivity contribution is 7.13. The van der Waals surface area contributed by atoms with Gasteiger partial charge in [0.25, 0.3) is 0 Å². The molecule has 0 aliphatic carbocycles. The minimum atomic E-state index is -1.06. The maximum atomic E-state index is 10.7. The molecule has 0 saturated carbocycles. The van der Waals surface area contributed by atoms with Crippen molar-refractivity contribution in [3.63, 3.8) is 0 Å². The van der Waals surface area contributed by atoms with E-state index in [1.54, 1.807) is 5.38 Å². The van der Waals surface area contributed by atoms with Crippen molar-refractivity contribution in [3.05, 3.63) is 11.1 Å². The van der Waals surface area contributed by atoms with Crippen LogP contribution in [0.1, 0.15) is 38.4 Å². The molecule has 0 aliphatic rings. The molecular formula is C13H24N4O2S. The number of carboxylic acids is 1. The molecule has 114 valence electrons. The Morgan fingerprint density at radius 2 is 2.25 bits per heavy atom. The van der Waals surface area contributed by atoms with Crippen molar-refractivity contribution in [1.29, 1.82) is 0 Å². The Hall–Kier alpha value is -1.18. The molecule has 0 amide bonds. The number of anilines is 1. The van der Waals surface area contributed by atoms with Crippen LogP contribution in [0.4, 0.5) is 5.13 Å². The number of thiazole rings is 1. The van der Waals surface area contributed by atoms with Gasteiger partial charge in [0.2, 0.25) is 0 Å². The molecule has 0 saturated heterocycles. The topological polar surface area (TPSA) is 91.5 Å². The number of hydrogen-bond acceptors (Lipinski definition) is 6. The first-order valence-corrected chi connectivity index (χ1v) is 7.67. The Morgan fingerprint density at radius 1 is 1.55 bits per heavy atom. The van der Waals surface area contributed by atoms with Crippen LogP contribution in [0.3, 0.4) is 0 Å². The molecule has 1 aromatic rings. The van der Waals surface area contributed by atoms with Crippen LogP contribution in [0.15, 0.2) is 5.38 Å². The number of rotatable bonds is 9. The van der Waals surface area contributed by atoms with E-state index in [2.05, 4.69) is 36.1 Å². The summed E-state index contributed by atoms with van der Waals surface area (Å²) in [6, 6.07) is -0.469. The number of unbranched alkanes of at least 4 members (excludes halogenated alkanes) is 1.